The molecular formula is C11H18NO9-. The maximum atomic E-state index is 11.1. The number of carbonyl (C=O) groups is 2. The molecule has 0 radical (unpaired) electrons. The Labute approximate surface area is 119 Å². The Kier molecular flexibility index (Phi) is 5.61. The summed E-state index contributed by atoms with van der Waals surface area (Å²) in [5, 5.41) is 60.8. The summed E-state index contributed by atoms with van der Waals surface area (Å²) in [7, 11) is 0. The van der Waals surface area contributed by atoms with Crippen LogP contribution in [0.2, 0.25) is 0 Å². The average Bonchev–Trinajstić information content (AvgIpc) is 2.39. The van der Waals surface area contributed by atoms with Crippen LogP contribution in [0.3, 0.4) is 0 Å². The Morgan fingerprint density at radius 2 is 2.05 bits per heavy atom. The quantitative estimate of drug-likeness (QED) is 0.289. The van der Waals surface area contributed by atoms with Crippen molar-refractivity contribution in [3.8, 4) is 0 Å². The number of rotatable bonds is 5. The molecule has 0 bridgehead atoms. The molecule has 0 spiro atoms. The van der Waals surface area contributed by atoms with E-state index in [1.54, 1.807) is 0 Å². The van der Waals surface area contributed by atoms with Crippen molar-refractivity contribution in [1.82, 2.24) is 5.32 Å². The van der Waals surface area contributed by atoms with Crippen LogP contribution in [-0.4, -0.2) is 80.3 Å². The minimum Gasteiger partial charge on any atom is -0.544 e. The molecule has 0 aromatic rings. The van der Waals surface area contributed by atoms with Crippen molar-refractivity contribution in [2.45, 2.75) is 49.6 Å². The molecule has 0 aromatic carbocycles. The van der Waals surface area contributed by atoms with Gasteiger partial charge in [0, 0.05) is 13.3 Å². The number of carboxylic acid groups (broad SMARTS) is 1. The first-order valence-corrected chi connectivity index (χ1v) is 6.16. The maximum Gasteiger partial charge on any atom is 0.217 e. The van der Waals surface area contributed by atoms with Gasteiger partial charge < -0.3 is 45.5 Å². The van der Waals surface area contributed by atoms with Crippen LogP contribution in [0.5, 0.6) is 0 Å². The molecule has 1 amide bonds. The summed E-state index contributed by atoms with van der Waals surface area (Å²) in [5.41, 5.74) is 0. The van der Waals surface area contributed by atoms with Crippen molar-refractivity contribution in [3.05, 3.63) is 0 Å². The van der Waals surface area contributed by atoms with E-state index in [0.29, 0.717) is 0 Å². The smallest absolute Gasteiger partial charge is 0.217 e. The molecule has 0 aromatic heterocycles. The standard InChI is InChI=1S/C11H19NO9/c1-4(14)12-7-5(15)2-11(20,10(18)19)21-9(7)8(17)6(16)3-13/h5-9,13,15-17,20H,2-3H2,1H3,(H,12,14)(H,18,19)/p-1/t5-,6+,7+,8+,9?,11+/m0/s1. The maximum absolute atomic E-state index is 11.1. The van der Waals surface area contributed by atoms with Crippen LogP contribution in [0.4, 0.5) is 0 Å². The highest BCUT2D eigenvalue weighted by Gasteiger charge is 2.50. The van der Waals surface area contributed by atoms with Gasteiger partial charge in [0.1, 0.15) is 24.3 Å². The van der Waals surface area contributed by atoms with Gasteiger partial charge in [-0.1, -0.05) is 0 Å². The van der Waals surface area contributed by atoms with Crippen molar-refractivity contribution >= 4 is 11.9 Å². The van der Waals surface area contributed by atoms with E-state index in [2.05, 4.69) is 5.32 Å². The van der Waals surface area contributed by atoms with Crippen LogP contribution in [0.1, 0.15) is 13.3 Å². The number of amides is 1. The Morgan fingerprint density at radius 3 is 2.48 bits per heavy atom. The third-order valence-corrected chi connectivity index (χ3v) is 3.19. The minimum absolute atomic E-state index is 0.614. The highest BCUT2D eigenvalue weighted by Crippen LogP contribution is 2.29. The lowest BCUT2D eigenvalue weighted by Crippen LogP contribution is -2.68. The molecule has 1 saturated heterocycles. The van der Waals surface area contributed by atoms with Crippen molar-refractivity contribution in [2.75, 3.05) is 6.61 Å². The van der Waals surface area contributed by atoms with Gasteiger partial charge in [0.25, 0.3) is 0 Å². The van der Waals surface area contributed by atoms with E-state index in [1.807, 2.05) is 0 Å². The number of aliphatic hydroxyl groups is 5. The zero-order valence-corrected chi connectivity index (χ0v) is 11.2. The molecule has 1 aliphatic heterocycles. The molecule has 10 heteroatoms. The second-order valence-electron chi connectivity index (χ2n) is 4.89. The fraction of sp³-hybridized carbons (Fsp3) is 0.818. The fourth-order valence-corrected chi connectivity index (χ4v) is 2.13. The molecule has 122 valence electrons. The summed E-state index contributed by atoms with van der Waals surface area (Å²) in [5.74, 6) is -5.55. The molecule has 21 heavy (non-hydrogen) atoms. The van der Waals surface area contributed by atoms with Gasteiger partial charge in [-0.05, 0) is 0 Å². The van der Waals surface area contributed by atoms with Gasteiger partial charge in [0.2, 0.25) is 11.7 Å². The van der Waals surface area contributed by atoms with Crippen LogP contribution < -0.4 is 10.4 Å². The van der Waals surface area contributed by atoms with Crippen molar-refractivity contribution in [3.63, 3.8) is 0 Å². The number of hydrogen-bond donors (Lipinski definition) is 6. The van der Waals surface area contributed by atoms with Gasteiger partial charge in [-0.3, -0.25) is 4.79 Å². The molecule has 1 aliphatic rings. The van der Waals surface area contributed by atoms with E-state index in [1.165, 1.54) is 0 Å². The SMILES string of the molecule is CC(=O)N[C@H]1C([C@H](O)[C@H](O)CO)O[C@@](O)(C(=O)[O-])C[C@@H]1O. The van der Waals surface area contributed by atoms with Crippen molar-refractivity contribution in [1.29, 1.82) is 0 Å². The van der Waals surface area contributed by atoms with Gasteiger partial charge in [-0.15, -0.1) is 0 Å². The van der Waals surface area contributed by atoms with Gasteiger partial charge in [-0.25, -0.2) is 0 Å². The van der Waals surface area contributed by atoms with Gasteiger partial charge in [0.05, 0.1) is 18.8 Å². The molecule has 1 fully saturated rings. The van der Waals surface area contributed by atoms with Crippen LogP contribution in [-0.2, 0) is 14.3 Å². The zero-order valence-electron chi connectivity index (χ0n) is 11.2. The Balaban J connectivity index is 3.07. The molecule has 6 atom stereocenters. The van der Waals surface area contributed by atoms with Crippen LogP contribution in [0.15, 0.2) is 0 Å². The Hall–Kier alpha value is -1.30. The average molecular weight is 308 g/mol. The predicted molar refractivity (Wildman–Crippen MR) is 62.2 cm³/mol. The number of nitrogens with one attached hydrogen (secondary N) is 1. The van der Waals surface area contributed by atoms with Gasteiger partial charge in [-0.2, -0.15) is 0 Å². The van der Waals surface area contributed by atoms with Crippen molar-refractivity contribution in [2.24, 2.45) is 0 Å². The summed E-state index contributed by atoms with van der Waals surface area (Å²) in [4.78, 5) is 22.0. The van der Waals surface area contributed by atoms with Crippen LogP contribution >= 0.6 is 0 Å². The molecule has 6 N–H and O–H groups in total. The van der Waals surface area contributed by atoms with Crippen molar-refractivity contribution < 1.29 is 45.0 Å². The van der Waals surface area contributed by atoms with Crippen LogP contribution in [0.25, 0.3) is 0 Å². The molecule has 1 rings (SSSR count). The van der Waals surface area contributed by atoms with Crippen LogP contribution in [0, 0.1) is 0 Å². The molecule has 0 aliphatic carbocycles. The summed E-state index contributed by atoms with van der Waals surface area (Å²) in [6, 6.07) is -1.29. The lowest BCUT2D eigenvalue weighted by atomic mass is 9.88. The van der Waals surface area contributed by atoms with E-state index in [0.717, 1.165) is 6.92 Å². The first-order valence-electron chi connectivity index (χ1n) is 6.16. The van der Waals surface area contributed by atoms with E-state index in [9.17, 15) is 35.1 Å². The fourth-order valence-electron chi connectivity index (χ4n) is 2.13. The number of carboxylic acids is 1. The third-order valence-electron chi connectivity index (χ3n) is 3.19. The molecule has 0 saturated carbocycles. The summed E-state index contributed by atoms with van der Waals surface area (Å²) in [6.07, 6.45) is -7.67. The largest absolute Gasteiger partial charge is 0.544 e. The first kappa shape index (κ1) is 17.8. The van der Waals surface area contributed by atoms with Gasteiger partial charge in [0.15, 0.2) is 0 Å². The first-order chi connectivity index (χ1) is 9.62. The number of aliphatic hydroxyl groups excluding tert-OH is 4. The second-order valence-corrected chi connectivity index (χ2v) is 4.89. The van der Waals surface area contributed by atoms with E-state index in [4.69, 9.17) is 9.84 Å². The van der Waals surface area contributed by atoms with E-state index in [-0.39, 0.29) is 0 Å². The third kappa shape index (κ3) is 3.87. The summed E-state index contributed by atoms with van der Waals surface area (Å²) in [6.45, 7) is 0.228. The summed E-state index contributed by atoms with van der Waals surface area (Å²) < 4.78 is 4.80. The highest BCUT2D eigenvalue weighted by atomic mass is 16.7. The zero-order chi connectivity index (χ0) is 16.4. The number of carbonyl (C=O) groups excluding carboxylic acids is 2. The monoisotopic (exact) mass is 308 g/mol. The lowest BCUT2D eigenvalue weighted by Gasteiger charge is -2.46. The number of hydrogen-bond acceptors (Lipinski definition) is 9. The molecular weight excluding hydrogens is 290 g/mol. The molecule has 1 unspecified atom stereocenters. The number of aliphatic carboxylic acids is 1. The minimum atomic E-state index is -2.89. The second kappa shape index (κ2) is 6.64. The van der Waals surface area contributed by atoms with E-state index >= 15 is 0 Å². The normalized spacial score (nSPS) is 35.8. The number of ether oxygens (including phenoxy) is 1. The van der Waals surface area contributed by atoms with Gasteiger partial charge >= 0.3 is 0 Å². The highest BCUT2D eigenvalue weighted by molar-refractivity contribution is 5.74. The Morgan fingerprint density at radius 1 is 1.48 bits per heavy atom. The Bertz CT molecular complexity index is 403. The molecule has 1 heterocycles. The lowest BCUT2D eigenvalue weighted by molar-refractivity contribution is -0.374. The molecule has 10 nitrogen and oxygen atoms in total. The topological polar surface area (TPSA) is 180 Å². The predicted octanol–water partition coefficient (Wildman–Crippen LogP) is -5.21. The van der Waals surface area contributed by atoms with E-state index < -0.39 is 61.1 Å². The summed E-state index contributed by atoms with van der Waals surface area (Å²) >= 11 is 0.